The third kappa shape index (κ3) is 2.87. The summed E-state index contributed by atoms with van der Waals surface area (Å²) in [5, 5.41) is 0.787. The van der Waals surface area contributed by atoms with E-state index in [1.807, 2.05) is 31.2 Å². The molecule has 0 aliphatic heterocycles. The summed E-state index contributed by atoms with van der Waals surface area (Å²) >= 11 is 6.14. The first-order valence-corrected chi connectivity index (χ1v) is 6.06. The van der Waals surface area contributed by atoms with Crippen LogP contribution in [0.5, 0.6) is 0 Å². The number of nitrogens with zero attached hydrogens (tertiary/aromatic N) is 1. The fraction of sp³-hybridized carbons (Fsp3) is 0.308. The lowest BCUT2D eigenvalue weighted by atomic mass is 10.1. The molecule has 0 aliphatic carbocycles. The van der Waals surface area contributed by atoms with Crippen LogP contribution < -0.4 is 5.73 Å². The van der Waals surface area contributed by atoms with Gasteiger partial charge >= 0.3 is 0 Å². The summed E-state index contributed by atoms with van der Waals surface area (Å²) in [6, 6.07) is 7.85. The Hall–Kier alpha value is -1.32. The highest BCUT2D eigenvalue weighted by Crippen LogP contribution is 2.19. The van der Waals surface area contributed by atoms with E-state index >= 15 is 0 Å². The SMILES string of the molecule is Cc1[nH]c(CCN)nc1Cc1ccccc1Cl. The summed E-state index contributed by atoms with van der Waals surface area (Å²) in [5.41, 5.74) is 8.75. The Kier molecular flexibility index (Phi) is 3.82. The van der Waals surface area contributed by atoms with Crippen molar-refractivity contribution in [3.63, 3.8) is 0 Å². The maximum Gasteiger partial charge on any atom is 0.107 e. The molecule has 1 aromatic heterocycles. The number of hydrogen-bond acceptors (Lipinski definition) is 2. The van der Waals surface area contributed by atoms with Crippen molar-refractivity contribution in [2.24, 2.45) is 5.73 Å². The number of halogens is 1. The van der Waals surface area contributed by atoms with Gasteiger partial charge in [0.1, 0.15) is 5.82 Å². The molecular weight excluding hydrogens is 234 g/mol. The first kappa shape index (κ1) is 12.1. The molecule has 0 aliphatic rings. The van der Waals surface area contributed by atoms with Gasteiger partial charge in [-0.25, -0.2) is 4.98 Å². The molecule has 0 amide bonds. The van der Waals surface area contributed by atoms with Crippen LogP contribution in [-0.4, -0.2) is 16.5 Å². The average Bonchev–Trinajstić information content (AvgIpc) is 2.63. The van der Waals surface area contributed by atoms with Crippen LogP contribution in [0.4, 0.5) is 0 Å². The first-order chi connectivity index (χ1) is 8.20. The molecule has 3 N–H and O–H groups in total. The number of nitrogens with two attached hydrogens (primary N) is 1. The molecule has 4 heteroatoms. The van der Waals surface area contributed by atoms with E-state index in [2.05, 4.69) is 9.97 Å². The molecule has 0 radical (unpaired) electrons. The van der Waals surface area contributed by atoms with E-state index in [0.29, 0.717) is 6.54 Å². The van der Waals surface area contributed by atoms with Gasteiger partial charge in [-0.15, -0.1) is 0 Å². The van der Waals surface area contributed by atoms with Gasteiger partial charge in [-0.05, 0) is 25.1 Å². The Labute approximate surface area is 106 Å². The van der Waals surface area contributed by atoms with Crippen molar-refractivity contribution in [1.82, 2.24) is 9.97 Å². The van der Waals surface area contributed by atoms with Crippen LogP contribution in [-0.2, 0) is 12.8 Å². The minimum Gasteiger partial charge on any atom is -0.346 e. The van der Waals surface area contributed by atoms with Crippen LogP contribution in [0.25, 0.3) is 0 Å². The highest BCUT2D eigenvalue weighted by molar-refractivity contribution is 6.31. The summed E-state index contributed by atoms with van der Waals surface area (Å²) in [7, 11) is 0. The quantitative estimate of drug-likeness (QED) is 0.875. The van der Waals surface area contributed by atoms with Gasteiger partial charge in [-0.3, -0.25) is 0 Å². The van der Waals surface area contributed by atoms with Crippen molar-refractivity contribution in [2.45, 2.75) is 19.8 Å². The average molecular weight is 250 g/mol. The maximum absolute atomic E-state index is 6.14. The van der Waals surface area contributed by atoms with Crippen molar-refractivity contribution in [2.75, 3.05) is 6.54 Å². The van der Waals surface area contributed by atoms with Gasteiger partial charge in [-0.1, -0.05) is 29.8 Å². The number of benzene rings is 1. The fourth-order valence-electron chi connectivity index (χ4n) is 1.81. The smallest absolute Gasteiger partial charge is 0.107 e. The van der Waals surface area contributed by atoms with E-state index in [0.717, 1.165) is 40.6 Å². The number of hydrogen-bond donors (Lipinski definition) is 2. The maximum atomic E-state index is 6.14. The van der Waals surface area contributed by atoms with Gasteiger partial charge in [0.2, 0.25) is 0 Å². The number of H-pyrrole nitrogens is 1. The number of aromatic amines is 1. The van der Waals surface area contributed by atoms with E-state index in [1.165, 1.54) is 0 Å². The molecular formula is C13H16ClN3. The zero-order valence-corrected chi connectivity index (χ0v) is 10.6. The van der Waals surface area contributed by atoms with Gasteiger partial charge < -0.3 is 10.7 Å². The standard InChI is InChI=1S/C13H16ClN3/c1-9-12(17-13(16-9)6-7-15)8-10-4-2-3-5-11(10)14/h2-5H,6-8,15H2,1H3,(H,16,17). The molecule has 0 saturated heterocycles. The minimum atomic E-state index is 0.610. The summed E-state index contributed by atoms with van der Waals surface area (Å²) in [6.07, 6.45) is 1.54. The van der Waals surface area contributed by atoms with Crippen LogP contribution in [0.3, 0.4) is 0 Å². The topological polar surface area (TPSA) is 54.7 Å². The normalized spacial score (nSPS) is 10.8. The van der Waals surface area contributed by atoms with Gasteiger partial charge in [0, 0.05) is 23.6 Å². The Morgan fingerprint density at radius 2 is 2.12 bits per heavy atom. The first-order valence-electron chi connectivity index (χ1n) is 5.68. The fourth-order valence-corrected chi connectivity index (χ4v) is 2.02. The van der Waals surface area contributed by atoms with Crippen LogP contribution >= 0.6 is 11.6 Å². The molecule has 3 nitrogen and oxygen atoms in total. The van der Waals surface area contributed by atoms with Gasteiger partial charge in [0.05, 0.1) is 5.69 Å². The zero-order valence-electron chi connectivity index (χ0n) is 9.83. The molecule has 0 saturated carbocycles. The summed E-state index contributed by atoms with van der Waals surface area (Å²) in [5.74, 6) is 0.951. The number of imidazole rings is 1. The second-order valence-corrected chi connectivity index (χ2v) is 4.47. The highest BCUT2D eigenvalue weighted by atomic mass is 35.5. The lowest BCUT2D eigenvalue weighted by molar-refractivity contribution is 0.886. The Bertz CT molecular complexity index is 505. The molecule has 0 fully saturated rings. The number of nitrogens with one attached hydrogen (secondary N) is 1. The lowest BCUT2D eigenvalue weighted by Crippen LogP contribution is -2.04. The van der Waals surface area contributed by atoms with Crippen LogP contribution in [0.1, 0.15) is 22.8 Å². The zero-order chi connectivity index (χ0) is 12.3. The van der Waals surface area contributed by atoms with Crippen molar-refractivity contribution in [1.29, 1.82) is 0 Å². The van der Waals surface area contributed by atoms with E-state index < -0.39 is 0 Å². The molecule has 0 spiro atoms. The van der Waals surface area contributed by atoms with E-state index in [4.69, 9.17) is 17.3 Å². The number of rotatable bonds is 4. The summed E-state index contributed by atoms with van der Waals surface area (Å²) < 4.78 is 0. The van der Waals surface area contributed by atoms with Gasteiger partial charge in [0.15, 0.2) is 0 Å². The third-order valence-electron chi connectivity index (χ3n) is 2.73. The molecule has 1 heterocycles. The molecule has 0 atom stereocenters. The third-order valence-corrected chi connectivity index (χ3v) is 3.10. The van der Waals surface area contributed by atoms with E-state index in [9.17, 15) is 0 Å². The van der Waals surface area contributed by atoms with Crippen molar-refractivity contribution in [3.8, 4) is 0 Å². The Morgan fingerprint density at radius 3 is 2.82 bits per heavy atom. The molecule has 17 heavy (non-hydrogen) atoms. The van der Waals surface area contributed by atoms with Crippen molar-refractivity contribution >= 4 is 11.6 Å². The monoisotopic (exact) mass is 249 g/mol. The number of aryl methyl sites for hydroxylation is 1. The molecule has 2 aromatic rings. The van der Waals surface area contributed by atoms with Gasteiger partial charge in [0.25, 0.3) is 0 Å². The van der Waals surface area contributed by atoms with Gasteiger partial charge in [-0.2, -0.15) is 0 Å². The molecule has 0 bridgehead atoms. The van der Waals surface area contributed by atoms with Crippen LogP contribution in [0, 0.1) is 6.92 Å². The van der Waals surface area contributed by atoms with E-state index in [1.54, 1.807) is 0 Å². The molecule has 0 unspecified atom stereocenters. The molecule has 2 rings (SSSR count). The number of aromatic nitrogens is 2. The Morgan fingerprint density at radius 1 is 1.35 bits per heavy atom. The lowest BCUT2D eigenvalue weighted by Gasteiger charge is -2.01. The molecule has 1 aromatic carbocycles. The second-order valence-electron chi connectivity index (χ2n) is 4.06. The summed E-state index contributed by atoms with van der Waals surface area (Å²) in [6.45, 7) is 2.64. The van der Waals surface area contributed by atoms with E-state index in [-0.39, 0.29) is 0 Å². The largest absolute Gasteiger partial charge is 0.346 e. The van der Waals surface area contributed by atoms with Crippen LogP contribution in [0.15, 0.2) is 24.3 Å². The predicted molar refractivity (Wildman–Crippen MR) is 70.3 cm³/mol. The minimum absolute atomic E-state index is 0.610. The highest BCUT2D eigenvalue weighted by Gasteiger charge is 2.08. The molecule has 90 valence electrons. The predicted octanol–water partition coefficient (Wildman–Crippen LogP) is 2.46. The summed E-state index contributed by atoms with van der Waals surface area (Å²) in [4.78, 5) is 7.79. The van der Waals surface area contributed by atoms with Crippen molar-refractivity contribution < 1.29 is 0 Å². The van der Waals surface area contributed by atoms with Crippen molar-refractivity contribution in [3.05, 3.63) is 52.1 Å². The Balaban J connectivity index is 2.21. The van der Waals surface area contributed by atoms with Crippen LogP contribution in [0.2, 0.25) is 5.02 Å². The second kappa shape index (κ2) is 5.34.